The summed E-state index contributed by atoms with van der Waals surface area (Å²) >= 11 is 1.48. The van der Waals surface area contributed by atoms with Crippen LogP contribution in [0.15, 0.2) is 77.0 Å². The van der Waals surface area contributed by atoms with E-state index in [-0.39, 0.29) is 17.3 Å². The molecular weight excluding hydrogens is 418 g/mol. The number of anilines is 1. The van der Waals surface area contributed by atoms with Crippen LogP contribution in [0.25, 0.3) is 0 Å². The van der Waals surface area contributed by atoms with Crippen LogP contribution in [0.3, 0.4) is 0 Å². The minimum absolute atomic E-state index is 0.0792. The number of para-hydroxylation sites is 1. The van der Waals surface area contributed by atoms with Crippen LogP contribution in [-0.2, 0) is 16.6 Å². The zero-order valence-electron chi connectivity index (χ0n) is 16.7. The average molecular weight is 444 g/mol. The Kier molecular flexibility index (Phi) is 7.62. The van der Waals surface area contributed by atoms with Gasteiger partial charge in [0.15, 0.2) is 0 Å². The number of thiophene rings is 1. The number of amides is 1. The molecule has 30 heavy (non-hydrogen) atoms. The van der Waals surface area contributed by atoms with Crippen molar-refractivity contribution in [1.82, 2.24) is 10.0 Å². The van der Waals surface area contributed by atoms with Crippen LogP contribution in [0.2, 0.25) is 0 Å². The molecular formula is C22H25N3O3S2. The van der Waals surface area contributed by atoms with Crippen molar-refractivity contribution in [1.29, 1.82) is 0 Å². The Balaban J connectivity index is 1.51. The minimum atomic E-state index is -3.69. The summed E-state index contributed by atoms with van der Waals surface area (Å²) in [7, 11) is -1.68. The first-order valence-electron chi connectivity index (χ1n) is 9.62. The summed E-state index contributed by atoms with van der Waals surface area (Å²) in [5.41, 5.74) is 1.45. The van der Waals surface area contributed by atoms with Crippen LogP contribution in [0.1, 0.15) is 21.7 Å². The number of nitrogens with one attached hydrogen (secondary N) is 2. The number of sulfonamides is 1. The molecule has 3 rings (SSSR count). The van der Waals surface area contributed by atoms with Gasteiger partial charge in [0.05, 0.1) is 4.90 Å². The zero-order chi connectivity index (χ0) is 21.4. The van der Waals surface area contributed by atoms with E-state index < -0.39 is 10.0 Å². The molecule has 0 atom stereocenters. The van der Waals surface area contributed by atoms with E-state index in [4.69, 9.17) is 0 Å². The summed E-state index contributed by atoms with van der Waals surface area (Å²) in [6, 6.07) is 19.9. The van der Waals surface area contributed by atoms with Crippen molar-refractivity contribution in [2.24, 2.45) is 0 Å². The van der Waals surface area contributed by atoms with Crippen LogP contribution in [0.4, 0.5) is 5.69 Å². The number of benzene rings is 2. The van der Waals surface area contributed by atoms with Crippen molar-refractivity contribution >= 4 is 33.0 Å². The van der Waals surface area contributed by atoms with Gasteiger partial charge in [-0.15, -0.1) is 11.3 Å². The van der Waals surface area contributed by atoms with E-state index in [0.717, 1.165) is 23.5 Å². The first-order chi connectivity index (χ1) is 14.5. The van der Waals surface area contributed by atoms with Gasteiger partial charge in [-0.3, -0.25) is 4.79 Å². The van der Waals surface area contributed by atoms with Crippen LogP contribution < -0.4 is 14.9 Å². The second-order valence-electron chi connectivity index (χ2n) is 6.80. The highest BCUT2D eigenvalue weighted by atomic mass is 32.2. The van der Waals surface area contributed by atoms with Gasteiger partial charge in [0.25, 0.3) is 5.91 Å². The molecule has 6 nitrogen and oxygen atoms in total. The zero-order valence-corrected chi connectivity index (χ0v) is 18.4. The van der Waals surface area contributed by atoms with Crippen molar-refractivity contribution in [2.45, 2.75) is 17.9 Å². The van der Waals surface area contributed by atoms with E-state index in [1.165, 1.54) is 23.5 Å². The molecule has 0 spiro atoms. The summed E-state index contributed by atoms with van der Waals surface area (Å²) in [6.45, 7) is 1.53. The van der Waals surface area contributed by atoms with Crippen molar-refractivity contribution in [3.05, 3.63) is 82.6 Å². The maximum absolute atomic E-state index is 12.5. The van der Waals surface area contributed by atoms with Crippen molar-refractivity contribution in [2.75, 3.05) is 25.0 Å². The van der Waals surface area contributed by atoms with Gasteiger partial charge >= 0.3 is 0 Å². The fourth-order valence-corrected chi connectivity index (χ4v) is 4.69. The molecule has 8 heteroatoms. The largest absolute Gasteiger partial charge is 0.375 e. The molecule has 0 saturated heterocycles. The Labute approximate surface area is 181 Å². The minimum Gasteiger partial charge on any atom is -0.375 e. The quantitative estimate of drug-likeness (QED) is 0.470. The first-order valence-corrected chi connectivity index (χ1v) is 12.0. The molecule has 0 aliphatic heterocycles. The molecule has 1 aromatic heterocycles. The second-order valence-corrected chi connectivity index (χ2v) is 9.60. The molecule has 0 aliphatic rings. The number of carbonyl (C=O) groups is 1. The molecule has 2 aromatic carbocycles. The molecule has 0 saturated carbocycles. The highest BCUT2D eigenvalue weighted by molar-refractivity contribution is 7.89. The van der Waals surface area contributed by atoms with Gasteiger partial charge in [-0.2, -0.15) is 0 Å². The van der Waals surface area contributed by atoms with Crippen LogP contribution >= 0.6 is 11.3 Å². The summed E-state index contributed by atoms with van der Waals surface area (Å²) in [5.74, 6) is -0.285. The first kappa shape index (κ1) is 22.0. The Morgan fingerprint density at radius 1 is 1.03 bits per heavy atom. The third-order valence-corrected chi connectivity index (χ3v) is 6.85. The van der Waals surface area contributed by atoms with Gasteiger partial charge in [-0.25, -0.2) is 13.1 Å². The third kappa shape index (κ3) is 6.16. The van der Waals surface area contributed by atoms with Crippen LogP contribution in [-0.4, -0.2) is 34.5 Å². The molecule has 0 unspecified atom stereocenters. The Morgan fingerprint density at radius 2 is 1.83 bits per heavy atom. The van der Waals surface area contributed by atoms with Gasteiger partial charge in [0.2, 0.25) is 10.0 Å². The lowest BCUT2D eigenvalue weighted by molar-refractivity contribution is 0.0953. The molecule has 1 heterocycles. The smallest absolute Gasteiger partial charge is 0.251 e. The van der Waals surface area contributed by atoms with Crippen molar-refractivity contribution < 1.29 is 13.2 Å². The molecule has 0 radical (unpaired) electrons. The van der Waals surface area contributed by atoms with Crippen LogP contribution in [0.5, 0.6) is 0 Å². The van der Waals surface area contributed by atoms with E-state index >= 15 is 0 Å². The SMILES string of the molecule is CN(CCCNC(=O)c1cccc(S(=O)(=O)NCc2cccs2)c1)c1ccccc1. The monoisotopic (exact) mass is 443 g/mol. The predicted octanol–water partition coefficient (Wildman–Crippen LogP) is 3.48. The molecule has 0 fully saturated rings. The molecule has 2 N–H and O–H groups in total. The van der Waals surface area contributed by atoms with Gasteiger partial charge in [-0.1, -0.05) is 30.3 Å². The maximum Gasteiger partial charge on any atom is 0.251 e. The molecule has 3 aromatic rings. The molecule has 0 bridgehead atoms. The summed E-state index contributed by atoms with van der Waals surface area (Å²) in [4.78, 5) is 15.6. The fourth-order valence-electron chi connectivity index (χ4n) is 2.90. The standard InChI is InChI=1S/C22H25N3O3S2/c1-25(19-9-3-2-4-10-19)14-7-13-23-22(26)18-8-5-12-21(16-18)30(27,28)24-17-20-11-6-15-29-20/h2-6,8-12,15-16,24H,7,13-14,17H2,1H3,(H,23,26). The van der Waals surface area contributed by atoms with Gasteiger partial charge < -0.3 is 10.2 Å². The van der Waals surface area contributed by atoms with E-state index in [2.05, 4.69) is 14.9 Å². The maximum atomic E-state index is 12.5. The Bertz CT molecular complexity index is 1050. The normalized spacial score (nSPS) is 11.2. The fraction of sp³-hybridized carbons (Fsp3) is 0.227. The van der Waals surface area contributed by atoms with Gasteiger partial charge in [0.1, 0.15) is 0 Å². The summed E-state index contributed by atoms with van der Waals surface area (Å²) < 4.78 is 27.6. The second kappa shape index (κ2) is 10.4. The highest BCUT2D eigenvalue weighted by Gasteiger charge is 2.16. The lowest BCUT2D eigenvalue weighted by atomic mass is 10.2. The molecule has 0 aliphatic carbocycles. The number of hydrogen-bond donors (Lipinski definition) is 2. The highest BCUT2D eigenvalue weighted by Crippen LogP contribution is 2.14. The number of nitrogens with zero attached hydrogens (tertiary/aromatic N) is 1. The number of rotatable bonds is 10. The molecule has 158 valence electrons. The Morgan fingerprint density at radius 3 is 2.57 bits per heavy atom. The topological polar surface area (TPSA) is 78.5 Å². The number of carbonyl (C=O) groups excluding carboxylic acids is 1. The predicted molar refractivity (Wildman–Crippen MR) is 121 cm³/mol. The molecule has 1 amide bonds. The van der Waals surface area contributed by atoms with E-state index in [9.17, 15) is 13.2 Å². The van der Waals surface area contributed by atoms with E-state index in [1.54, 1.807) is 12.1 Å². The van der Waals surface area contributed by atoms with Crippen molar-refractivity contribution in [3.63, 3.8) is 0 Å². The summed E-state index contributed by atoms with van der Waals surface area (Å²) in [5, 5.41) is 4.75. The van der Waals surface area contributed by atoms with E-state index in [1.807, 2.05) is 54.9 Å². The van der Waals surface area contributed by atoms with E-state index in [0.29, 0.717) is 12.1 Å². The Hall–Kier alpha value is -2.68. The third-order valence-electron chi connectivity index (χ3n) is 4.58. The lowest BCUT2D eigenvalue weighted by Crippen LogP contribution is -2.28. The lowest BCUT2D eigenvalue weighted by Gasteiger charge is -2.19. The van der Waals surface area contributed by atoms with Gasteiger partial charge in [0, 0.05) is 42.8 Å². The number of hydrogen-bond acceptors (Lipinski definition) is 5. The van der Waals surface area contributed by atoms with Crippen molar-refractivity contribution in [3.8, 4) is 0 Å². The van der Waals surface area contributed by atoms with Crippen LogP contribution in [0, 0.1) is 0 Å². The average Bonchev–Trinajstić information content (AvgIpc) is 3.29. The van der Waals surface area contributed by atoms with Gasteiger partial charge in [-0.05, 0) is 48.2 Å². The summed E-state index contributed by atoms with van der Waals surface area (Å²) in [6.07, 6.45) is 0.775.